The largest absolute Gasteiger partial charge is 0.497 e. The average molecular weight is 390 g/mol. The maximum Gasteiger partial charge on any atom is 0.282 e. The first-order chi connectivity index (χ1) is 14.0. The maximum atomic E-state index is 13.6. The predicted molar refractivity (Wildman–Crippen MR) is 113 cm³/mol. The van der Waals surface area contributed by atoms with Crippen LogP contribution in [0.1, 0.15) is 25.8 Å². The lowest BCUT2D eigenvalue weighted by Gasteiger charge is -2.37. The van der Waals surface area contributed by atoms with Crippen LogP contribution in [0, 0.1) is 11.8 Å². The summed E-state index contributed by atoms with van der Waals surface area (Å²) in [5, 5.41) is 0. The maximum absolute atomic E-state index is 13.6. The van der Waals surface area contributed by atoms with Gasteiger partial charge >= 0.3 is 0 Å². The van der Waals surface area contributed by atoms with Crippen LogP contribution in [0.15, 0.2) is 60.3 Å². The van der Waals surface area contributed by atoms with Gasteiger partial charge in [-0.2, -0.15) is 0 Å². The Morgan fingerprint density at radius 1 is 0.897 bits per heavy atom. The van der Waals surface area contributed by atoms with E-state index in [4.69, 9.17) is 4.74 Å². The van der Waals surface area contributed by atoms with Crippen molar-refractivity contribution in [1.82, 2.24) is 4.90 Å². The van der Waals surface area contributed by atoms with Crippen LogP contribution >= 0.6 is 0 Å². The molecule has 2 aliphatic rings. The number of carbonyl (C=O) groups is 2. The number of piperidine rings is 1. The summed E-state index contributed by atoms with van der Waals surface area (Å²) >= 11 is 0. The Morgan fingerprint density at radius 3 is 2.24 bits per heavy atom. The highest BCUT2D eigenvalue weighted by Crippen LogP contribution is 2.37. The Balaban J connectivity index is 1.82. The lowest BCUT2D eigenvalue weighted by atomic mass is 9.91. The zero-order valence-electron chi connectivity index (χ0n) is 17.1. The molecular formula is C24H26N2O3. The molecule has 1 fully saturated rings. The summed E-state index contributed by atoms with van der Waals surface area (Å²) in [4.78, 5) is 30.5. The zero-order valence-corrected chi connectivity index (χ0v) is 17.1. The predicted octanol–water partition coefficient (Wildman–Crippen LogP) is 3.96. The number of rotatable bonds is 4. The zero-order chi connectivity index (χ0) is 20.5. The van der Waals surface area contributed by atoms with Gasteiger partial charge in [0.2, 0.25) is 0 Å². The van der Waals surface area contributed by atoms with Crippen LogP contribution in [0.25, 0.3) is 5.57 Å². The Morgan fingerprint density at radius 2 is 1.59 bits per heavy atom. The number of anilines is 1. The molecule has 0 radical (unpaired) electrons. The minimum absolute atomic E-state index is 0.261. The Bertz CT molecular complexity index is 957. The highest BCUT2D eigenvalue weighted by atomic mass is 16.5. The number of likely N-dealkylation sites (tertiary alicyclic amines) is 1. The SMILES string of the molecule is COc1cccc(N2C(=O)C(c3ccccc3)=C(N3CC(C)CC(C)C3)C2=O)c1. The van der Waals surface area contributed by atoms with Crippen molar-refractivity contribution in [2.24, 2.45) is 11.8 Å². The van der Waals surface area contributed by atoms with E-state index in [1.54, 1.807) is 31.4 Å². The van der Waals surface area contributed by atoms with Crippen molar-refractivity contribution in [3.63, 3.8) is 0 Å². The summed E-state index contributed by atoms with van der Waals surface area (Å²) < 4.78 is 5.29. The van der Waals surface area contributed by atoms with E-state index in [-0.39, 0.29) is 11.8 Å². The molecule has 5 nitrogen and oxygen atoms in total. The molecule has 4 rings (SSSR count). The second-order valence-corrected chi connectivity index (χ2v) is 8.09. The van der Waals surface area contributed by atoms with E-state index in [9.17, 15) is 9.59 Å². The minimum atomic E-state index is -0.282. The van der Waals surface area contributed by atoms with E-state index >= 15 is 0 Å². The van der Waals surface area contributed by atoms with Crippen LogP contribution in [-0.4, -0.2) is 36.9 Å². The average Bonchev–Trinajstić information content (AvgIpc) is 2.98. The summed E-state index contributed by atoms with van der Waals surface area (Å²) in [5.74, 6) is 1.01. The molecular weight excluding hydrogens is 364 g/mol. The number of hydrogen-bond acceptors (Lipinski definition) is 4. The number of imide groups is 1. The van der Waals surface area contributed by atoms with Gasteiger partial charge in [0.25, 0.3) is 11.8 Å². The minimum Gasteiger partial charge on any atom is -0.497 e. The molecule has 0 bridgehead atoms. The summed E-state index contributed by atoms with van der Waals surface area (Å²) in [6.07, 6.45) is 1.13. The van der Waals surface area contributed by atoms with Gasteiger partial charge in [-0.25, -0.2) is 4.90 Å². The van der Waals surface area contributed by atoms with E-state index in [2.05, 4.69) is 18.7 Å². The summed E-state index contributed by atoms with van der Waals surface area (Å²) in [6, 6.07) is 16.6. The van der Waals surface area contributed by atoms with Crippen LogP contribution < -0.4 is 9.64 Å². The fraction of sp³-hybridized carbons (Fsp3) is 0.333. The Labute approximate surface area is 171 Å². The van der Waals surface area contributed by atoms with Crippen molar-refractivity contribution < 1.29 is 14.3 Å². The first-order valence-electron chi connectivity index (χ1n) is 10.1. The molecule has 0 spiro atoms. The standard InChI is InChI=1S/C24H26N2O3/c1-16-12-17(2)15-25(14-16)22-21(18-8-5-4-6-9-18)23(27)26(24(22)28)19-10-7-11-20(13-19)29-3/h4-11,13,16-17H,12,14-15H2,1-3H3. The number of nitrogens with zero attached hydrogens (tertiary/aromatic N) is 2. The van der Waals surface area contributed by atoms with Gasteiger partial charge in [-0.1, -0.05) is 50.2 Å². The molecule has 1 saturated heterocycles. The molecule has 0 N–H and O–H groups in total. The lowest BCUT2D eigenvalue weighted by Crippen LogP contribution is -2.42. The molecule has 2 unspecified atom stereocenters. The third-order valence-electron chi connectivity index (χ3n) is 5.62. The fourth-order valence-corrected chi connectivity index (χ4v) is 4.51. The number of hydrogen-bond donors (Lipinski definition) is 0. The van der Waals surface area contributed by atoms with E-state index in [0.29, 0.717) is 34.5 Å². The molecule has 0 aliphatic carbocycles. The van der Waals surface area contributed by atoms with Gasteiger partial charge in [0, 0.05) is 19.2 Å². The van der Waals surface area contributed by atoms with Crippen molar-refractivity contribution in [3.8, 4) is 5.75 Å². The molecule has 2 aromatic rings. The smallest absolute Gasteiger partial charge is 0.282 e. The Hall–Kier alpha value is -3.08. The number of amides is 2. The van der Waals surface area contributed by atoms with Crippen molar-refractivity contribution in [2.75, 3.05) is 25.1 Å². The van der Waals surface area contributed by atoms with Crippen LogP contribution in [0.3, 0.4) is 0 Å². The molecule has 2 amide bonds. The number of methoxy groups -OCH3 is 1. The molecule has 150 valence electrons. The molecule has 0 aromatic heterocycles. The third kappa shape index (κ3) is 3.53. The molecule has 2 heterocycles. The highest BCUT2D eigenvalue weighted by molar-refractivity contribution is 6.45. The van der Waals surface area contributed by atoms with Gasteiger partial charge < -0.3 is 9.64 Å². The molecule has 5 heteroatoms. The van der Waals surface area contributed by atoms with Crippen LogP contribution in [0.5, 0.6) is 5.75 Å². The lowest BCUT2D eigenvalue weighted by molar-refractivity contribution is -0.120. The monoisotopic (exact) mass is 390 g/mol. The number of ether oxygens (including phenoxy) is 1. The van der Waals surface area contributed by atoms with Crippen LogP contribution in [0.4, 0.5) is 5.69 Å². The van der Waals surface area contributed by atoms with E-state index < -0.39 is 0 Å². The normalized spacial score (nSPS) is 22.4. The van der Waals surface area contributed by atoms with E-state index in [0.717, 1.165) is 25.1 Å². The van der Waals surface area contributed by atoms with Crippen LogP contribution in [0.2, 0.25) is 0 Å². The van der Waals surface area contributed by atoms with E-state index in [1.165, 1.54) is 4.90 Å². The molecule has 2 aromatic carbocycles. The van der Waals surface area contributed by atoms with Crippen molar-refractivity contribution in [1.29, 1.82) is 0 Å². The molecule has 0 saturated carbocycles. The van der Waals surface area contributed by atoms with Crippen molar-refractivity contribution in [3.05, 3.63) is 65.9 Å². The third-order valence-corrected chi connectivity index (χ3v) is 5.62. The molecule has 2 atom stereocenters. The first-order valence-corrected chi connectivity index (χ1v) is 10.1. The van der Waals surface area contributed by atoms with Gasteiger partial charge in [-0.05, 0) is 36.0 Å². The van der Waals surface area contributed by atoms with Gasteiger partial charge in [0.15, 0.2) is 0 Å². The topological polar surface area (TPSA) is 49.9 Å². The summed E-state index contributed by atoms with van der Waals surface area (Å²) in [5.41, 5.74) is 2.31. The number of benzene rings is 2. The van der Waals surface area contributed by atoms with Gasteiger partial charge in [0.1, 0.15) is 11.4 Å². The van der Waals surface area contributed by atoms with Gasteiger partial charge in [0.05, 0.1) is 18.4 Å². The second-order valence-electron chi connectivity index (χ2n) is 8.09. The Kier molecular flexibility index (Phi) is 5.14. The quantitative estimate of drug-likeness (QED) is 0.742. The van der Waals surface area contributed by atoms with E-state index in [1.807, 2.05) is 30.3 Å². The van der Waals surface area contributed by atoms with Gasteiger partial charge in [-0.3, -0.25) is 9.59 Å². The van der Waals surface area contributed by atoms with Crippen LogP contribution in [-0.2, 0) is 9.59 Å². The second kappa shape index (κ2) is 7.74. The highest BCUT2D eigenvalue weighted by Gasteiger charge is 2.43. The first kappa shape index (κ1) is 19.2. The molecule has 29 heavy (non-hydrogen) atoms. The fourth-order valence-electron chi connectivity index (χ4n) is 4.51. The summed E-state index contributed by atoms with van der Waals surface area (Å²) in [6.45, 7) is 5.96. The molecule has 2 aliphatic heterocycles. The number of carbonyl (C=O) groups excluding carboxylic acids is 2. The van der Waals surface area contributed by atoms with Gasteiger partial charge in [-0.15, -0.1) is 0 Å². The van der Waals surface area contributed by atoms with Crippen molar-refractivity contribution >= 4 is 23.1 Å². The van der Waals surface area contributed by atoms with Crippen molar-refractivity contribution in [2.45, 2.75) is 20.3 Å². The summed E-state index contributed by atoms with van der Waals surface area (Å²) in [7, 11) is 1.57.